The normalized spacial score (nSPS) is 23.7. The number of aliphatic hydroxyl groups excluding tert-OH is 1. The quantitative estimate of drug-likeness (QED) is 0.451. The van der Waals surface area contributed by atoms with Gasteiger partial charge in [-0.2, -0.15) is 0 Å². The van der Waals surface area contributed by atoms with Crippen molar-refractivity contribution in [3.05, 3.63) is 51.7 Å². The number of nitrogens with zero attached hydrogens (tertiary/aromatic N) is 1. The summed E-state index contributed by atoms with van der Waals surface area (Å²) < 4.78 is 11.2. The second-order valence-electron chi connectivity index (χ2n) is 7.87. The van der Waals surface area contributed by atoms with Crippen LogP contribution in [0.25, 0.3) is 5.76 Å². The molecule has 0 bridgehead atoms. The molecule has 1 N–H and O–H groups in total. The summed E-state index contributed by atoms with van der Waals surface area (Å²) in [5.74, 6) is -0.164. The zero-order chi connectivity index (χ0) is 20.7. The zero-order valence-electron chi connectivity index (χ0n) is 16.5. The number of hydrogen-bond donors (Lipinski definition) is 1. The predicted molar refractivity (Wildman–Crippen MR) is 113 cm³/mol. The van der Waals surface area contributed by atoms with Crippen LogP contribution in [0.15, 0.2) is 41.3 Å². The van der Waals surface area contributed by atoms with Crippen LogP contribution in [0.1, 0.15) is 48.6 Å². The Hall–Kier alpha value is -2.80. The number of thiophene rings is 1. The van der Waals surface area contributed by atoms with Crippen LogP contribution >= 0.6 is 11.3 Å². The first kappa shape index (κ1) is 19.2. The van der Waals surface area contributed by atoms with E-state index in [1.165, 1.54) is 11.3 Å². The van der Waals surface area contributed by atoms with E-state index in [0.29, 0.717) is 30.3 Å². The largest absolute Gasteiger partial charge is 0.507 e. The fourth-order valence-corrected chi connectivity index (χ4v) is 5.49. The molecule has 1 aliphatic carbocycles. The molecule has 2 fully saturated rings. The number of aliphatic hydroxyl groups is 1. The Bertz CT molecular complexity index is 1010. The number of hydrogen-bond acceptors (Lipinski definition) is 6. The SMILES string of the molecule is O=C1C(=O)N(C2CCCCC2)C(c2cccs2)/C1=C(/O)c1ccc2c(c1)OCCO2. The van der Waals surface area contributed by atoms with E-state index in [9.17, 15) is 14.7 Å². The number of carbonyl (C=O) groups excluding carboxylic acids is 2. The third-order valence-corrected chi connectivity index (χ3v) is 7.00. The van der Waals surface area contributed by atoms with Crippen molar-refractivity contribution < 1.29 is 24.2 Å². The van der Waals surface area contributed by atoms with Crippen molar-refractivity contribution in [1.29, 1.82) is 0 Å². The summed E-state index contributed by atoms with van der Waals surface area (Å²) in [5, 5.41) is 13.1. The van der Waals surface area contributed by atoms with E-state index in [0.717, 1.165) is 37.0 Å². The smallest absolute Gasteiger partial charge is 0.295 e. The van der Waals surface area contributed by atoms with Gasteiger partial charge in [0.05, 0.1) is 11.6 Å². The summed E-state index contributed by atoms with van der Waals surface area (Å²) in [6.07, 6.45) is 5.03. The van der Waals surface area contributed by atoms with Gasteiger partial charge in [0.15, 0.2) is 11.5 Å². The van der Waals surface area contributed by atoms with Gasteiger partial charge in [-0.3, -0.25) is 9.59 Å². The Labute approximate surface area is 178 Å². The Morgan fingerprint density at radius 2 is 1.80 bits per heavy atom. The number of rotatable bonds is 3. The maximum atomic E-state index is 13.1. The third kappa shape index (κ3) is 3.17. The van der Waals surface area contributed by atoms with Crippen LogP contribution in [0.4, 0.5) is 0 Å². The fraction of sp³-hybridized carbons (Fsp3) is 0.391. The first-order valence-electron chi connectivity index (χ1n) is 10.4. The zero-order valence-corrected chi connectivity index (χ0v) is 17.3. The summed E-state index contributed by atoms with van der Waals surface area (Å²) in [6.45, 7) is 0.904. The molecule has 1 amide bonds. The predicted octanol–water partition coefficient (Wildman–Crippen LogP) is 4.27. The van der Waals surface area contributed by atoms with Crippen molar-refractivity contribution in [3.8, 4) is 11.5 Å². The summed E-state index contributed by atoms with van der Waals surface area (Å²) in [5.41, 5.74) is 0.604. The number of fused-ring (bicyclic) bond motifs is 1. The van der Waals surface area contributed by atoms with Gasteiger partial charge < -0.3 is 19.5 Å². The van der Waals surface area contributed by atoms with Crippen LogP contribution in [-0.4, -0.2) is 41.0 Å². The van der Waals surface area contributed by atoms with E-state index in [-0.39, 0.29) is 17.4 Å². The lowest BCUT2D eigenvalue weighted by molar-refractivity contribution is -0.141. The van der Waals surface area contributed by atoms with Crippen molar-refractivity contribution in [1.82, 2.24) is 4.90 Å². The number of likely N-dealkylation sites (tertiary alicyclic amines) is 1. The lowest BCUT2D eigenvalue weighted by Gasteiger charge is -2.34. The lowest BCUT2D eigenvalue weighted by Crippen LogP contribution is -2.40. The molecule has 1 aromatic heterocycles. The summed E-state index contributed by atoms with van der Waals surface area (Å²) >= 11 is 1.50. The molecule has 1 saturated carbocycles. The average Bonchev–Trinajstić information content (AvgIpc) is 3.40. The topological polar surface area (TPSA) is 76.1 Å². The minimum Gasteiger partial charge on any atom is -0.507 e. The maximum absolute atomic E-state index is 13.1. The van der Waals surface area contributed by atoms with Gasteiger partial charge in [-0.1, -0.05) is 25.3 Å². The van der Waals surface area contributed by atoms with Gasteiger partial charge in [-0.15, -0.1) is 11.3 Å². The summed E-state index contributed by atoms with van der Waals surface area (Å²) in [6, 6.07) is 8.39. The van der Waals surface area contributed by atoms with E-state index in [1.807, 2.05) is 17.5 Å². The Morgan fingerprint density at radius 3 is 2.53 bits per heavy atom. The molecule has 6 nitrogen and oxygen atoms in total. The van der Waals surface area contributed by atoms with Crippen LogP contribution in [-0.2, 0) is 9.59 Å². The van der Waals surface area contributed by atoms with Crippen LogP contribution in [0.3, 0.4) is 0 Å². The van der Waals surface area contributed by atoms with E-state index in [4.69, 9.17) is 9.47 Å². The van der Waals surface area contributed by atoms with Crippen LogP contribution < -0.4 is 9.47 Å². The van der Waals surface area contributed by atoms with Crippen LogP contribution in [0.2, 0.25) is 0 Å². The van der Waals surface area contributed by atoms with E-state index in [1.54, 1.807) is 23.1 Å². The third-order valence-electron chi connectivity index (χ3n) is 6.08. The molecular formula is C23H23NO5S. The van der Waals surface area contributed by atoms with Gasteiger partial charge in [0.25, 0.3) is 11.7 Å². The summed E-state index contributed by atoms with van der Waals surface area (Å²) in [7, 11) is 0. The van der Waals surface area contributed by atoms with E-state index < -0.39 is 17.7 Å². The van der Waals surface area contributed by atoms with E-state index in [2.05, 4.69) is 0 Å². The second kappa shape index (κ2) is 7.80. The first-order chi connectivity index (χ1) is 14.6. The van der Waals surface area contributed by atoms with Crippen molar-refractivity contribution in [2.45, 2.75) is 44.2 Å². The highest BCUT2D eigenvalue weighted by Gasteiger charge is 2.49. The molecule has 30 heavy (non-hydrogen) atoms. The molecule has 1 unspecified atom stereocenters. The number of carbonyl (C=O) groups is 2. The minimum absolute atomic E-state index is 0.0212. The number of ketones is 1. The molecule has 5 rings (SSSR count). The number of Topliss-reactive ketones (excluding diaryl/α,β-unsaturated/α-hetero) is 1. The van der Waals surface area contributed by atoms with Gasteiger partial charge in [0.1, 0.15) is 19.0 Å². The van der Waals surface area contributed by atoms with Gasteiger partial charge in [0.2, 0.25) is 0 Å². The molecule has 3 aliphatic rings. The molecule has 1 aromatic carbocycles. The molecule has 1 atom stereocenters. The highest BCUT2D eigenvalue weighted by molar-refractivity contribution is 7.10. The molecule has 2 aliphatic heterocycles. The lowest BCUT2D eigenvalue weighted by atomic mass is 9.92. The van der Waals surface area contributed by atoms with Crippen LogP contribution in [0, 0.1) is 0 Å². The first-order valence-corrected chi connectivity index (χ1v) is 11.3. The van der Waals surface area contributed by atoms with Gasteiger partial charge in [0, 0.05) is 16.5 Å². The van der Waals surface area contributed by atoms with Crippen molar-refractivity contribution in [3.63, 3.8) is 0 Å². The Morgan fingerprint density at radius 1 is 1.03 bits per heavy atom. The monoisotopic (exact) mass is 425 g/mol. The number of ether oxygens (including phenoxy) is 2. The van der Waals surface area contributed by atoms with Crippen LogP contribution in [0.5, 0.6) is 11.5 Å². The number of benzene rings is 1. The molecule has 0 spiro atoms. The molecule has 7 heteroatoms. The standard InChI is InChI=1S/C23H23NO5S/c25-21(14-8-9-16-17(13-14)29-11-10-28-16)19-20(18-7-4-12-30-18)24(23(27)22(19)26)15-5-2-1-3-6-15/h4,7-9,12-13,15,20,25H,1-3,5-6,10-11H2/b21-19-. The Kier molecular flexibility index (Phi) is 4.98. The number of amides is 1. The maximum Gasteiger partial charge on any atom is 0.295 e. The fourth-order valence-electron chi connectivity index (χ4n) is 4.66. The van der Waals surface area contributed by atoms with Crippen molar-refractivity contribution in [2.75, 3.05) is 13.2 Å². The molecule has 0 radical (unpaired) electrons. The van der Waals surface area contributed by atoms with Crippen molar-refractivity contribution in [2.24, 2.45) is 0 Å². The molecule has 1 saturated heterocycles. The second-order valence-corrected chi connectivity index (χ2v) is 8.85. The molecule has 3 heterocycles. The van der Waals surface area contributed by atoms with Gasteiger partial charge in [-0.05, 0) is 42.5 Å². The highest BCUT2D eigenvalue weighted by Crippen LogP contribution is 2.45. The van der Waals surface area contributed by atoms with Gasteiger partial charge in [-0.25, -0.2) is 0 Å². The Balaban J connectivity index is 1.61. The minimum atomic E-state index is -0.619. The van der Waals surface area contributed by atoms with E-state index >= 15 is 0 Å². The molecule has 156 valence electrons. The highest BCUT2D eigenvalue weighted by atomic mass is 32.1. The molecular weight excluding hydrogens is 402 g/mol. The van der Waals surface area contributed by atoms with Crippen molar-refractivity contribution >= 4 is 28.8 Å². The molecule has 2 aromatic rings. The average molecular weight is 426 g/mol. The van der Waals surface area contributed by atoms with Gasteiger partial charge >= 0.3 is 0 Å². The summed E-state index contributed by atoms with van der Waals surface area (Å²) in [4.78, 5) is 28.8.